The number of benzene rings is 2. The summed E-state index contributed by atoms with van der Waals surface area (Å²) in [5.74, 6) is -0.957. The molecule has 1 aromatic heterocycles. The highest BCUT2D eigenvalue weighted by Gasteiger charge is 2.20. The average Bonchev–Trinajstić information content (AvgIpc) is 2.70. The summed E-state index contributed by atoms with van der Waals surface area (Å²) in [5, 5.41) is 11.4. The lowest BCUT2D eigenvalue weighted by molar-refractivity contribution is -0.384. The van der Waals surface area contributed by atoms with E-state index in [1.54, 1.807) is 13.0 Å². The van der Waals surface area contributed by atoms with E-state index in [1.807, 2.05) is 0 Å². The van der Waals surface area contributed by atoms with Gasteiger partial charge >= 0.3 is 11.7 Å². The van der Waals surface area contributed by atoms with E-state index in [0.29, 0.717) is 16.5 Å². The molecule has 160 valence electrons. The van der Waals surface area contributed by atoms with E-state index in [1.165, 1.54) is 49.3 Å². The number of rotatable bonds is 5. The van der Waals surface area contributed by atoms with Gasteiger partial charge in [0.2, 0.25) is 0 Å². The van der Waals surface area contributed by atoms with Gasteiger partial charge in [-0.3, -0.25) is 14.9 Å². The van der Waals surface area contributed by atoms with Crippen molar-refractivity contribution < 1.29 is 23.7 Å². The molecule has 0 fully saturated rings. The number of hydrogen-bond acceptors (Lipinski definition) is 7. The van der Waals surface area contributed by atoms with Gasteiger partial charge in [0, 0.05) is 49.7 Å². The zero-order valence-corrected chi connectivity index (χ0v) is 17.0. The number of nitro benzene ring substituents is 1. The smallest absolute Gasteiger partial charge is 0.414 e. The van der Waals surface area contributed by atoms with E-state index in [-0.39, 0.29) is 34.6 Å². The molecule has 0 unspecified atom stereocenters. The minimum atomic E-state index is -0.825. The first-order valence-electron chi connectivity index (χ1n) is 9.11. The third-order valence-electron chi connectivity index (χ3n) is 4.72. The largest absolute Gasteiger partial charge is 0.422 e. The van der Waals surface area contributed by atoms with Crippen LogP contribution in [0.15, 0.2) is 45.6 Å². The Balaban J connectivity index is 2.13. The van der Waals surface area contributed by atoms with Crippen LogP contribution < -0.4 is 16.1 Å². The Kier molecular flexibility index (Phi) is 5.73. The van der Waals surface area contributed by atoms with Crippen LogP contribution in [-0.4, -0.2) is 35.9 Å². The number of amides is 2. The molecule has 0 saturated heterocycles. The second-order valence-electron chi connectivity index (χ2n) is 7.07. The predicted molar refractivity (Wildman–Crippen MR) is 111 cm³/mol. The molecule has 3 rings (SSSR count). The molecule has 2 aromatic carbocycles. The van der Waals surface area contributed by atoms with Crippen molar-refractivity contribution in [1.29, 1.82) is 0 Å². The molecule has 10 nitrogen and oxygen atoms in total. The summed E-state index contributed by atoms with van der Waals surface area (Å²) in [7, 11) is 2.94. The molecule has 3 aromatic rings. The summed E-state index contributed by atoms with van der Waals surface area (Å²) in [6.07, 6.45) is -0.641. The zero-order chi connectivity index (χ0) is 22.9. The summed E-state index contributed by atoms with van der Waals surface area (Å²) >= 11 is 0. The van der Waals surface area contributed by atoms with Gasteiger partial charge in [0.05, 0.1) is 10.5 Å². The lowest BCUT2D eigenvalue weighted by atomic mass is 9.98. The predicted octanol–water partition coefficient (Wildman–Crippen LogP) is 2.76. The zero-order valence-electron chi connectivity index (χ0n) is 17.0. The lowest BCUT2D eigenvalue weighted by Crippen LogP contribution is -2.26. The quantitative estimate of drug-likeness (QED) is 0.376. The first-order valence-corrected chi connectivity index (χ1v) is 9.11. The van der Waals surface area contributed by atoms with Crippen molar-refractivity contribution in [2.75, 3.05) is 14.1 Å². The Morgan fingerprint density at radius 1 is 1.23 bits per heavy atom. The number of carbonyl (C=O) groups is 2. The van der Waals surface area contributed by atoms with Crippen LogP contribution in [0.4, 0.5) is 10.5 Å². The van der Waals surface area contributed by atoms with Crippen LogP contribution in [-0.2, 0) is 6.42 Å². The number of primary amides is 1. The van der Waals surface area contributed by atoms with Crippen molar-refractivity contribution in [3.8, 4) is 5.75 Å². The highest BCUT2D eigenvalue weighted by atomic mass is 16.6. The first kappa shape index (κ1) is 21.5. The molecule has 0 aliphatic heterocycles. The lowest BCUT2D eigenvalue weighted by Gasteiger charge is -2.14. The Labute approximate surface area is 176 Å². The van der Waals surface area contributed by atoms with Gasteiger partial charge in [-0.25, -0.2) is 9.59 Å². The van der Waals surface area contributed by atoms with Gasteiger partial charge in [0.1, 0.15) is 11.3 Å². The van der Waals surface area contributed by atoms with E-state index in [2.05, 4.69) is 0 Å². The number of non-ortho nitro benzene ring substituents is 1. The first-order chi connectivity index (χ1) is 14.6. The molecule has 0 saturated carbocycles. The number of nitrogens with two attached hydrogens (primary N) is 1. The number of carbonyl (C=O) groups excluding carboxylic acids is 2. The average molecular weight is 425 g/mol. The minimum absolute atomic E-state index is 0.0547. The topological polar surface area (TPSA) is 146 Å². The maximum Gasteiger partial charge on any atom is 0.414 e. The Bertz CT molecular complexity index is 1280. The van der Waals surface area contributed by atoms with Crippen molar-refractivity contribution in [2.45, 2.75) is 13.3 Å². The van der Waals surface area contributed by atoms with Gasteiger partial charge in [-0.2, -0.15) is 0 Å². The van der Waals surface area contributed by atoms with Gasteiger partial charge in [-0.1, -0.05) is 12.1 Å². The molecule has 0 bridgehead atoms. The fourth-order valence-corrected chi connectivity index (χ4v) is 3.07. The van der Waals surface area contributed by atoms with Crippen LogP contribution in [0.3, 0.4) is 0 Å². The Hall–Kier alpha value is -4.21. The van der Waals surface area contributed by atoms with E-state index in [0.717, 1.165) is 0 Å². The van der Waals surface area contributed by atoms with Crippen molar-refractivity contribution in [2.24, 2.45) is 5.73 Å². The van der Waals surface area contributed by atoms with Crippen LogP contribution in [0.25, 0.3) is 11.0 Å². The van der Waals surface area contributed by atoms with Crippen LogP contribution in [0.1, 0.15) is 27.0 Å². The third-order valence-corrected chi connectivity index (χ3v) is 4.72. The number of nitro groups is 1. The van der Waals surface area contributed by atoms with Crippen molar-refractivity contribution >= 4 is 28.7 Å². The number of nitrogens with zero attached hydrogens (tertiary/aromatic N) is 2. The van der Waals surface area contributed by atoms with E-state index < -0.39 is 22.5 Å². The van der Waals surface area contributed by atoms with Gasteiger partial charge in [0.15, 0.2) is 0 Å². The fraction of sp³-hybridized carbons (Fsp3) is 0.190. The molecule has 0 aliphatic rings. The molecule has 1 heterocycles. The monoisotopic (exact) mass is 425 g/mol. The number of hydrogen-bond donors (Lipinski definition) is 1. The van der Waals surface area contributed by atoms with Crippen molar-refractivity contribution in [3.05, 3.63) is 79.2 Å². The van der Waals surface area contributed by atoms with Gasteiger partial charge in [-0.05, 0) is 24.1 Å². The van der Waals surface area contributed by atoms with Crippen LogP contribution in [0.5, 0.6) is 5.75 Å². The SMILES string of the molecule is Cc1c(Cc2cccc([N+](=O)[O-])c2)c(=O)oc2cc(OC(=O)N(C)C)c(C(N)=O)cc12. The maximum absolute atomic E-state index is 12.6. The molecule has 0 radical (unpaired) electrons. The molecule has 2 N–H and O–H groups in total. The highest BCUT2D eigenvalue weighted by molar-refractivity contribution is 6.01. The van der Waals surface area contributed by atoms with Crippen LogP contribution in [0.2, 0.25) is 0 Å². The number of fused-ring (bicyclic) bond motifs is 1. The van der Waals surface area contributed by atoms with Crippen LogP contribution >= 0.6 is 0 Å². The Morgan fingerprint density at radius 2 is 1.94 bits per heavy atom. The Morgan fingerprint density at radius 3 is 2.55 bits per heavy atom. The molecule has 2 amide bonds. The number of aryl methyl sites for hydroxylation is 1. The molecule has 0 spiro atoms. The molecule has 0 atom stereocenters. The van der Waals surface area contributed by atoms with Crippen LogP contribution in [0, 0.1) is 17.0 Å². The van der Waals surface area contributed by atoms with E-state index in [4.69, 9.17) is 14.9 Å². The minimum Gasteiger partial charge on any atom is -0.422 e. The summed E-state index contributed by atoms with van der Waals surface area (Å²) in [6.45, 7) is 1.67. The summed E-state index contributed by atoms with van der Waals surface area (Å²) < 4.78 is 10.6. The summed E-state index contributed by atoms with van der Waals surface area (Å²) in [6, 6.07) is 8.58. The molecule has 0 aliphatic carbocycles. The second-order valence-corrected chi connectivity index (χ2v) is 7.07. The normalized spacial score (nSPS) is 10.7. The molecule has 31 heavy (non-hydrogen) atoms. The third kappa shape index (κ3) is 4.37. The van der Waals surface area contributed by atoms with E-state index in [9.17, 15) is 24.5 Å². The van der Waals surface area contributed by atoms with Gasteiger partial charge in [0.25, 0.3) is 11.6 Å². The highest BCUT2D eigenvalue weighted by Crippen LogP contribution is 2.29. The summed E-state index contributed by atoms with van der Waals surface area (Å²) in [5.41, 5.74) is 6.11. The molecule has 10 heteroatoms. The standard InChI is InChI=1S/C21H19N3O7/c1-11-14-9-16(19(22)25)18(31-21(27)23(2)3)10-17(14)30-20(26)15(11)8-12-5-4-6-13(7-12)24(28)29/h4-7,9-10H,8H2,1-3H3,(H2,22,25). The fourth-order valence-electron chi connectivity index (χ4n) is 3.07. The van der Waals surface area contributed by atoms with Gasteiger partial charge in [-0.15, -0.1) is 0 Å². The maximum atomic E-state index is 12.6. The van der Waals surface area contributed by atoms with Crippen molar-refractivity contribution in [3.63, 3.8) is 0 Å². The molecular formula is C21H19N3O7. The van der Waals surface area contributed by atoms with Crippen molar-refractivity contribution in [1.82, 2.24) is 4.90 Å². The van der Waals surface area contributed by atoms with E-state index >= 15 is 0 Å². The molecular weight excluding hydrogens is 406 g/mol. The number of ether oxygens (including phenoxy) is 1. The summed E-state index contributed by atoms with van der Waals surface area (Å²) in [4.78, 5) is 48.1. The van der Waals surface area contributed by atoms with Gasteiger partial charge < -0.3 is 19.8 Å². The second kappa shape index (κ2) is 8.27.